The molecule has 0 aromatic carbocycles. The first-order valence-electron chi connectivity index (χ1n) is 8.86. The van der Waals surface area contributed by atoms with E-state index in [9.17, 15) is 19.2 Å². The fraction of sp³-hybridized carbons (Fsp3) is 0.421. The van der Waals surface area contributed by atoms with Crippen LogP contribution >= 0.6 is 11.3 Å². The van der Waals surface area contributed by atoms with Gasteiger partial charge in [-0.05, 0) is 38.1 Å². The first-order valence-corrected chi connectivity index (χ1v) is 9.74. The Morgan fingerprint density at radius 3 is 2.43 bits per heavy atom. The standard InChI is InChI=1S/C19H19N3O5S/c1-10(22-17(24)13-5-3-4-6-14(13)18(22)25)19(26)27-11(2)15(23)21-16-12(9-20)7-8-28-16/h3-4,7-8,10-11,13-14H,5-6H2,1-2H3,(H,21,23)/t10-,11-,13-,14+/m0/s1. The minimum atomic E-state index is -1.15. The third-order valence-corrected chi connectivity index (χ3v) is 5.78. The molecule has 0 bridgehead atoms. The van der Waals surface area contributed by atoms with Gasteiger partial charge in [0.1, 0.15) is 17.1 Å². The SMILES string of the molecule is C[C@H](OC(=O)[C@H](C)N1C(=O)[C@H]2CC=CC[C@H]2C1=O)C(=O)Nc1sccc1C#N. The van der Waals surface area contributed by atoms with E-state index >= 15 is 0 Å². The number of allylic oxidation sites excluding steroid dienone is 2. The van der Waals surface area contributed by atoms with Crippen molar-refractivity contribution >= 4 is 40.0 Å². The molecule has 0 spiro atoms. The third kappa shape index (κ3) is 3.55. The van der Waals surface area contributed by atoms with E-state index in [1.807, 2.05) is 18.2 Å². The Bertz CT molecular complexity index is 874. The van der Waals surface area contributed by atoms with Crippen LogP contribution in [0.15, 0.2) is 23.6 Å². The van der Waals surface area contributed by atoms with Crippen molar-refractivity contribution in [2.24, 2.45) is 11.8 Å². The lowest BCUT2D eigenvalue weighted by Crippen LogP contribution is -2.46. The van der Waals surface area contributed by atoms with Gasteiger partial charge in [0, 0.05) is 0 Å². The summed E-state index contributed by atoms with van der Waals surface area (Å²) < 4.78 is 5.17. The molecule has 28 heavy (non-hydrogen) atoms. The van der Waals surface area contributed by atoms with Crippen LogP contribution in [0.25, 0.3) is 0 Å². The molecule has 8 nitrogen and oxygen atoms in total. The molecule has 2 heterocycles. The van der Waals surface area contributed by atoms with Gasteiger partial charge in [-0.2, -0.15) is 5.26 Å². The molecule has 1 N–H and O–H groups in total. The van der Waals surface area contributed by atoms with E-state index in [1.165, 1.54) is 25.2 Å². The van der Waals surface area contributed by atoms with Gasteiger partial charge in [-0.3, -0.25) is 19.3 Å². The largest absolute Gasteiger partial charge is 0.451 e. The summed E-state index contributed by atoms with van der Waals surface area (Å²) in [6.07, 6.45) is 3.54. The van der Waals surface area contributed by atoms with Crippen LogP contribution < -0.4 is 5.32 Å². The Morgan fingerprint density at radius 2 is 1.86 bits per heavy atom. The lowest BCUT2D eigenvalue weighted by Gasteiger charge is -2.23. The first kappa shape index (κ1) is 19.8. The summed E-state index contributed by atoms with van der Waals surface area (Å²) in [5, 5.41) is 13.5. The smallest absolute Gasteiger partial charge is 0.329 e. The van der Waals surface area contributed by atoms with Gasteiger partial charge in [0.15, 0.2) is 6.10 Å². The monoisotopic (exact) mass is 401 g/mol. The maximum atomic E-state index is 12.6. The van der Waals surface area contributed by atoms with Gasteiger partial charge < -0.3 is 10.1 Å². The Balaban J connectivity index is 1.62. The van der Waals surface area contributed by atoms with E-state index in [0.717, 1.165) is 4.90 Å². The van der Waals surface area contributed by atoms with Crippen molar-refractivity contribution in [3.63, 3.8) is 0 Å². The molecule has 1 fully saturated rings. The highest BCUT2D eigenvalue weighted by Crippen LogP contribution is 2.36. The number of carbonyl (C=O) groups is 4. The van der Waals surface area contributed by atoms with E-state index in [1.54, 1.807) is 11.4 Å². The fourth-order valence-corrected chi connectivity index (χ4v) is 4.09. The van der Waals surface area contributed by atoms with Gasteiger partial charge in [0.2, 0.25) is 11.8 Å². The second-order valence-electron chi connectivity index (χ2n) is 6.72. The molecule has 0 saturated carbocycles. The van der Waals surface area contributed by atoms with E-state index in [0.29, 0.717) is 23.4 Å². The number of fused-ring (bicyclic) bond motifs is 1. The second-order valence-corrected chi connectivity index (χ2v) is 7.64. The third-order valence-electron chi connectivity index (χ3n) is 4.95. The summed E-state index contributed by atoms with van der Waals surface area (Å²) in [5.74, 6) is -3.05. The summed E-state index contributed by atoms with van der Waals surface area (Å²) in [6.45, 7) is 2.80. The quantitative estimate of drug-likeness (QED) is 0.457. The van der Waals surface area contributed by atoms with Crippen LogP contribution in [0.3, 0.4) is 0 Å². The van der Waals surface area contributed by atoms with Crippen LogP contribution in [-0.4, -0.2) is 40.7 Å². The van der Waals surface area contributed by atoms with Crippen LogP contribution in [-0.2, 0) is 23.9 Å². The number of thiophene rings is 1. The highest BCUT2D eigenvalue weighted by atomic mass is 32.1. The van der Waals surface area contributed by atoms with Gasteiger partial charge in [0.25, 0.3) is 5.91 Å². The molecule has 1 aromatic heterocycles. The predicted octanol–water partition coefficient (Wildman–Crippen LogP) is 1.83. The number of nitriles is 1. The zero-order chi connectivity index (χ0) is 20.4. The number of anilines is 1. The van der Waals surface area contributed by atoms with Crippen LogP contribution in [0, 0.1) is 23.2 Å². The number of imide groups is 1. The van der Waals surface area contributed by atoms with E-state index in [2.05, 4.69) is 5.32 Å². The molecule has 3 amide bonds. The first-order chi connectivity index (χ1) is 13.3. The van der Waals surface area contributed by atoms with Crippen molar-refractivity contribution in [1.82, 2.24) is 4.90 Å². The lowest BCUT2D eigenvalue weighted by molar-refractivity contribution is -0.163. The maximum absolute atomic E-state index is 12.6. The number of nitrogens with zero attached hydrogens (tertiary/aromatic N) is 2. The zero-order valence-electron chi connectivity index (χ0n) is 15.4. The summed E-state index contributed by atoms with van der Waals surface area (Å²) in [6, 6.07) is 2.40. The van der Waals surface area contributed by atoms with E-state index in [4.69, 9.17) is 10.00 Å². The van der Waals surface area contributed by atoms with Gasteiger partial charge in [-0.15, -0.1) is 11.3 Å². The number of esters is 1. The molecule has 146 valence electrons. The molecular formula is C19H19N3O5S. The molecule has 1 aliphatic heterocycles. The minimum absolute atomic E-state index is 0.315. The summed E-state index contributed by atoms with van der Waals surface area (Å²) >= 11 is 1.18. The summed E-state index contributed by atoms with van der Waals surface area (Å²) in [5.41, 5.74) is 0.315. The molecule has 9 heteroatoms. The van der Waals surface area contributed by atoms with Gasteiger partial charge in [-0.1, -0.05) is 12.2 Å². The number of likely N-dealkylation sites (tertiary alicyclic amines) is 1. The molecule has 3 rings (SSSR count). The predicted molar refractivity (Wildman–Crippen MR) is 99.9 cm³/mol. The Labute approximate surface area is 165 Å². The summed E-state index contributed by atoms with van der Waals surface area (Å²) in [7, 11) is 0. The van der Waals surface area contributed by atoms with Crippen molar-refractivity contribution in [3.05, 3.63) is 29.2 Å². The molecule has 0 unspecified atom stereocenters. The maximum Gasteiger partial charge on any atom is 0.329 e. The number of hydrogen-bond acceptors (Lipinski definition) is 7. The molecule has 4 atom stereocenters. The highest BCUT2D eigenvalue weighted by molar-refractivity contribution is 7.14. The zero-order valence-corrected chi connectivity index (χ0v) is 16.2. The molecule has 1 saturated heterocycles. The number of carbonyl (C=O) groups excluding carboxylic acids is 4. The second kappa shape index (κ2) is 7.94. The Morgan fingerprint density at radius 1 is 1.25 bits per heavy atom. The van der Waals surface area contributed by atoms with Crippen LogP contribution in [0.4, 0.5) is 5.00 Å². The van der Waals surface area contributed by atoms with Crippen LogP contribution in [0.2, 0.25) is 0 Å². The Hall–Kier alpha value is -2.99. The number of rotatable bonds is 5. The molecule has 2 aliphatic rings. The number of amides is 3. The molecule has 0 radical (unpaired) electrons. The average molecular weight is 401 g/mol. The highest BCUT2D eigenvalue weighted by Gasteiger charge is 2.50. The Kier molecular flexibility index (Phi) is 5.61. The van der Waals surface area contributed by atoms with Crippen LogP contribution in [0.1, 0.15) is 32.3 Å². The van der Waals surface area contributed by atoms with E-state index in [-0.39, 0.29) is 11.8 Å². The van der Waals surface area contributed by atoms with Crippen LogP contribution in [0.5, 0.6) is 0 Å². The molecule has 1 aliphatic carbocycles. The number of ether oxygens (including phenoxy) is 1. The van der Waals surface area contributed by atoms with Crippen molar-refractivity contribution < 1.29 is 23.9 Å². The molecule has 1 aromatic rings. The number of nitrogens with one attached hydrogen (secondary N) is 1. The van der Waals surface area contributed by atoms with E-state index < -0.39 is 35.9 Å². The summed E-state index contributed by atoms with van der Waals surface area (Å²) in [4.78, 5) is 50.8. The lowest BCUT2D eigenvalue weighted by atomic mass is 9.85. The topological polar surface area (TPSA) is 117 Å². The van der Waals surface area contributed by atoms with Crippen molar-refractivity contribution in [2.45, 2.75) is 38.8 Å². The van der Waals surface area contributed by atoms with Crippen molar-refractivity contribution in [3.8, 4) is 6.07 Å². The van der Waals surface area contributed by atoms with Gasteiger partial charge in [-0.25, -0.2) is 4.79 Å². The minimum Gasteiger partial charge on any atom is -0.451 e. The van der Waals surface area contributed by atoms with Gasteiger partial charge in [0.05, 0.1) is 17.4 Å². The van der Waals surface area contributed by atoms with Crippen molar-refractivity contribution in [2.75, 3.05) is 5.32 Å². The fourth-order valence-electron chi connectivity index (χ4n) is 3.35. The molecular weight excluding hydrogens is 382 g/mol. The number of hydrogen-bond donors (Lipinski definition) is 1. The van der Waals surface area contributed by atoms with Gasteiger partial charge >= 0.3 is 5.97 Å². The normalized spacial score (nSPS) is 23.0. The van der Waals surface area contributed by atoms with Crippen molar-refractivity contribution in [1.29, 1.82) is 5.26 Å². The average Bonchev–Trinajstić information content (AvgIpc) is 3.23.